The van der Waals surface area contributed by atoms with Crippen molar-refractivity contribution < 1.29 is 4.39 Å². The van der Waals surface area contributed by atoms with Crippen LogP contribution in [0.2, 0.25) is 0 Å². The normalized spacial score (nSPS) is 18.6. The molecule has 0 saturated heterocycles. The third-order valence-corrected chi connectivity index (χ3v) is 4.22. The van der Waals surface area contributed by atoms with E-state index in [1.807, 2.05) is 19.2 Å². The molecule has 3 heteroatoms. The fraction of sp³-hybridized carbons (Fsp3) is 0.412. The first-order valence-corrected chi connectivity index (χ1v) is 7.37. The topological polar surface area (TPSA) is 17.0 Å². The molecule has 1 aromatic heterocycles. The van der Waals surface area contributed by atoms with E-state index >= 15 is 0 Å². The Bertz CT molecular complexity index is 588. The van der Waals surface area contributed by atoms with Crippen molar-refractivity contribution in [2.75, 3.05) is 7.05 Å². The Morgan fingerprint density at radius 2 is 2.10 bits per heavy atom. The highest BCUT2D eigenvalue weighted by Gasteiger charge is 2.19. The zero-order valence-corrected chi connectivity index (χ0v) is 11.9. The molecule has 1 aliphatic carbocycles. The van der Waals surface area contributed by atoms with E-state index in [-0.39, 0.29) is 5.82 Å². The second kappa shape index (κ2) is 5.80. The van der Waals surface area contributed by atoms with E-state index in [2.05, 4.69) is 22.3 Å². The van der Waals surface area contributed by atoms with Crippen LogP contribution in [0.5, 0.6) is 0 Å². The van der Waals surface area contributed by atoms with E-state index in [9.17, 15) is 4.39 Å². The molecule has 1 unspecified atom stereocenters. The number of nitrogens with zero attached hydrogens (tertiary/aromatic N) is 1. The number of hydrogen-bond donors (Lipinski definition) is 1. The van der Waals surface area contributed by atoms with Crippen LogP contribution in [0.25, 0.3) is 0 Å². The molecule has 1 heterocycles. The molecule has 2 nitrogen and oxygen atoms in total. The average molecular weight is 272 g/mol. The molecule has 0 amide bonds. The van der Waals surface area contributed by atoms with E-state index in [1.165, 1.54) is 36.5 Å². The van der Waals surface area contributed by atoms with Crippen LogP contribution in [-0.4, -0.2) is 11.6 Å². The van der Waals surface area contributed by atoms with Gasteiger partial charge >= 0.3 is 0 Å². The van der Waals surface area contributed by atoms with Gasteiger partial charge in [0.25, 0.3) is 0 Å². The van der Waals surface area contributed by atoms with Crippen LogP contribution in [0, 0.1) is 5.82 Å². The molecule has 0 bridgehead atoms. The highest BCUT2D eigenvalue weighted by Crippen LogP contribution is 2.29. The molecule has 0 aliphatic heterocycles. The van der Waals surface area contributed by atoms with E-state index < -0.39 is 0 Å². The predicted octanol–water partition coefficient (Wildman–Crippen LogP) is 3.66. The molecule has 0 spiro atoms. The highest BCUT2D eigenvalue weighted by atomic mass is 19.1. The number of halogens is 1. The van der Waals surface area contributed by atoms with Crippen molar-refractivity contribution in [3.63, 3.8) is 0 Å². The minimum absolute atomic E-state index is 0.124. The Morgan fingerprint density at radius 1 is 1.25 bits per heavy atom. The summed E-state index contributed by atoms with van der Waals surface area (Å²) in [5.74, 6) is -0.124. The molecule has 0 saturated carbocycles. The molecule has 1 N–H and O–H groups in total. The van der Waals surface area contributed by atoms with Gasteiger partial charge in [-0.2, -0.15) is 0 Å². The van der Waals surface area contributed by atoms with Crippen LogP contribution >= 0.6 is 0 Å². The lowest BCUT2D eigenvalue weighted by Crippen LogP contribution is -2.15. The van der Waals surface area contributed by atoms with Gasteiger partial charge in [0.2, 0.25) is 0 Å². The quantitative estimate of drug-likeness (QED) is 0.844. The van der Waals surface area contributed by atoms with E-state index in [4.69, 9.17) is 0 Å². The maximum Gasteiger partial charge on any atom is 0.128 e. The van der Waals surface area contributed by atoms with Gasteiger partial charge in [-0.15, -0.1) is 0 Å². The van der Waals surface area contributed by atoms with Gasteiger partial charge in [-0.3, -0.25) is 0 Å². The summed E-state index contributed by atoms with van der Waals surface area (Å²) in [7, 11) is 2.02. The summed E-state index contributed by atoms with van der Waals surface area (Å²) >= 11 is 0. The lowest BCUT2D eigenvalue weighted by atomic mass is 10.1. The molecule has 0 fully saturated rings. The van der Waals surface area contributed by atoms with E-state index in [0.717, 1.165) is 12.0 Å². The molecule has 0 radical (unpaired) electrons. The zero-order chi connectivity index (χ0) is 13.9. The SMILES string of the molecule is CNC1CCCCc2cn(Cc3ccccc3F)cc21. The van der Waals surface area contributed by atoms with Gasteiger partial charge in [0.15, 0.2) is 0 Å². The lowest BCUT2D eigenvalue weighted by molar-refractivity contribution is 0.530. The second-order valence-corrected chi connectivity index (χ2v) is 5.59. The van der Waals surface area contributed by atoms with Gasteiger partial charge in [-0.05, 0) is 43.5 Å². The summed E-state index contributed by atoms with van der Waals surface area (Å²) in [4.78, 5) is 0. The molecule has 2 aromatic rings. The molecule has 20 heavy (non-hydrogen) atoms. The first-order valence-electron chi connectivity index (χ1n) is 7.37. The molecule has 106 valence electrons. The van der Waals surface area contributed by atoms with Gasteiger partial charge < -0.3 is 9.88 Å². The van der Waals surface area contributed by atoms with Crippen LogP contribution in [0.15, 0.2) is 36.7 Å². The Morgan fingerprint density at radius 3 is 2.90 bits per heavy atom. The number of aryl methyl sites for hydroxylation is 1. The fourth-order valence-electron chi connectivity index (χ4n) is 3.13. The smallest absolute Gasteiger partial charge is 0.128 e. The maximum absolute atomic E-state index is 13.7. The zero-order valence-electron chi connectivity index (χ0n) is 11.9. The van der Waals surface area contributed by atoms with Crippen LogP contribution in [0.1, 0.15) is 42.0 Å². The number of fused-ring (bicyclic) bond motifs is 1. The summed E-state index contributed by atoms with van der Waals surface area (Å²) in [6, 6.07) is 7.45. The van der Waals surface area contributed by atoms with E-state index in [0.29, 0.717) is 12.6 Å². The monoisotopic (exact) mass is 272 g/mol. The fourth-order valence-corrected chi connectivity index (χ4v) is 3.13. The van der Waals surface area contributed by atoms with Gasteiger partial charge in [0.1, 0.15) is 5.82 Å². The van der Waals surface area contributed by atoms with Crippen LogP contribution in [0.4, 0.5) is 4.39 Å². The van der Waals surface area contributed by atoms with Crippen LogP contribution in [-0.2, 0) is 13.0 Å². The Labute approximate surface area is 119 Å². The minimum Gasteiger partial charge on any atom is -0.349 e. The summed E-state index contributed by atoms with van der Waals surface area (Å²) in [5.41, 5.74) is 3.55. The number of aromatic nitrogens is 1. The maximum atomic E-state index is 13.7. The number of rotatable bonds is 3. The standard InChI is InChI=1S/C17H21FN2/c1-19-17-9-5-3-6-13-10-20(12-15(13)17)11-14-7-2-4-8-16(14)18/h2,4,7-8,10,12,17,19H,3,5-6,9,11H2,1H3. The van der Waals surface area contributed by atoms with Crippen molar-refractivity contribution in [3.05, 3.63) is 59.2 Å². The largest absolute Gasteiger partial charge is 0.349 e. The Balaban J connectivity index is 1.87. The summed E-state index contributed by atoms with van der Waals surface area (Å²) in [6.07, 6.45) is 9.22. The summed E-state index contributed by atoms with van der Waals surface area (Å²) in [5, 5.41) is 3.40. The van der Waals surface area contributed by atoms with Gasteiger partial charge in [0, 0.05) is 30.5 Å². The lowest BCUT2D eigenvalue weighted by Gasteiger charge is -2.13. The van der Waals surface area contributed by atoms with Crippen LogP contribution in [0.3, 0.4) is 0 Å². The Kier molecular flexibility index (Phi) is 3.88. The van der Waals surface area contributed by atoms with E-state index in [1.54, 1.807) is 6.07 Å². The molecule has 3 rings (SSSR count). The van der Waals surface area contributed by atoms with Crippen molar-refractivity contribution in [2.45, 2.75) is 38.3 Å². The van der Waals surface area contributed by atoms with Crippen molar-refractivity contribution >= 4 is 0 Å². The van der Waals surface area contributed by atoms with Gasteiger partial charge in [0.05, 0.1) is 0 Å². The number of benzene rings is 1. The third kappa shape index (κ3) is 2.63. The number of nitrogens with one attached hydrogen (secondary N) is 1. The van der Waals surface area contributed by atoms with Crippen molar-refractivity contribution in [1.29, 1.82) is 0 Å². The highest BCUT2D eigenvalue weighted by molar-refractivity contribution is 5.30. The van der Waals surface area contributed by atoms with Crippen molar-refractivity contribution in [1.82, 2.24) is 9.88 Å². The van der Waals surface area contributed by atoms with Gasteiger partial charge in [-0.25, -0.2) is 4.39 Å². The molecule has 1 aliphatic rings. The third-order valence-electron chi connectivity index (χ3n) is 4.22. The molecular formula is C17H21FN2. The Hall–Kier alpha value is -1.61. The molecular weight excluding hydrogens is 251 g/mol. The predicted molar refractivity (Wildman–Crippen MR) is 79.3 cm³/mol. The average Bonchev–Trinajstić information content (AvgIpc) is 2.75. The van der Waals surface area contributed by atoms with Gasteiger partial charge in [-0.1, -0.05) is 24.6 Å². The first kappa shape index (κ1) is 13.4. The first-order chi connectivity index (χ1) is 9.78. The summed E-state index contributed by atoms with van der Waals surface area (Å²) in [6.45, 7) is 0.607. The van der Waals surface area contributed by atoms with Crippen molar-refractivity contribution in [3.8, 4) is 0 Å². The van der Waals surface area contributed by atoms with Crippen LogP contribution < -0.4 is 5.32 Å². The molecule has 1 atom stereocenters. The number of hydrogen-bond acceptors (Lipinski definition) is 1. The minimum atomic E-state index is -0.124. The molecule has 1 aromatic carbocycles. The van der Waals surface area contributed by atoms with Crippen molar-refractivity contribution in [2.24, 2.45) is 0 Å². The summed E-state index contributed by atoms with van der Waals surface area (Å²) < 4.78 is 15.9. The second-order valence-electron chi connectivity index (χ2n) is 5.59.